The van der Waals surface area contributed by atoms with Crippen LogP contribution < -0.4 is 5.32 Å². The third-order valence-corrected chi connectivity index (χ3v) is 4.63. The van der Waals surface area contributed by atoms with Gasteiger partial charge < -0.3 is 10.1 Å². The van der Waals surface area contributed by atoms with Gasteiger partial charge in [0, 0.05) is 16.5 Å². The number of methoxy groups -OCH3 is 1. The largest absolute Gasteiger partial charge is 0.464 e. The molecular formula is C12H15N3O2S2. The van der Waals surface area contributed by atoms with E-state index in [2.05, 4.69) is 26.9 Å². The van der Waals surface area contributed by atoms with Gasteiger partial charge in [-0.3, -0.25) is 0 Å². The first-order valence-corrected chi connectivity index (χ1v) is 7.58. The highest BCUT2D eigenvalue weighted by Gasteiger charge is 2.14. The van der Waals surface area contributed by atoms with Crippen molar-refractivity contribution in [3.05, 3.63) is 27.2 Å². The van der Waals surface area contributed by atoms with Crippen molar-refractivity contribution in [2.75, 3.05) is 12.4 Å². The van der Waals surface area contributed by atoms with Gasteiger partial charge in [-0.25, -0.2) is 14.8 Å². The lowest BCUT2D eigenvalue weighted by Crippen LogP contribution is -2.07. The zero-order chi connectivity index (χ0) is 13.8. The quantitative estimate of drug-likeness (QED) is 0.859. The number of esters is 1. The molecule has 2 heterocycles. The van der Waals surface area contributed by atoms with E-state index in [0.717, 1.165) is 11.4 Å². The normalized spacial score (nSPS) is 12.2. The molecule has 2 aromatic heterocycles. The predicted octanol–water partition coefficient (Wildman–Crippen LogP) is 3.12. The van der Waals surface area contributed by atoms with Crippen LogP contribution >= 0.6 is 22.7 Å². The molecule has 0 saturated carbocycles. The van der Waals surface area contributed by atoms with Gasteiger partial charge in [0.25, 0.3) is 0 Å². The molecule has 7 heteroatoms. The van der Waals surface area contributed by atoms with E-state index < -0.39 is 5.97 Å². The number of ether oxygens (including phenoxy) is 1. The first-order chi connectivity index (χ1) is 9.13. The first-order valence-electron chi connectivity index (χ1n) is 5.89. The Morgan fingerprint density at radius 2 is 2.37 bits per heavy atom. The van der Waals surface area contributed by atoms with Crippen LogP contribution in [0.3, 0.4) is 0 Å². The number of anilines is 1. The number of thiazole rings is 2. The van der Waals surface area contributed by atoms with Gasteiger partial charge in [-0.05, 0) is 13.3 Å². The summed E-state index contributed by atoms with van der Waals surface area (Å²) < 4.78 is 4.62. The molecule has 0 fully saturated rings. The number of hydrogen-bond donors (Lipinski definition) is 1. The topological polar surface area (TPSA) is 64.1 Å². The fraction of sp³-hybridized carbons (Fsp3) is 0.417. The van der Waals surface area contributed by atoms with E-state index >= 15 is 0 Å². The molecule has 0 radical (unpaired) electrons. The molecule has 2 rings (SSSR count). The number of nitrogens with zero attached hydrogens (tertiary/aromatic N) is 2. The minimum absolute atomic E-state index is 0.0712. The molecule has 0 aromatic carbocycles. The predicted molar refractivity (Wildman–Crippen MR) is 77.0 cm³/mol. The van der Waals surface area contributed by atoms with Crippen molar-refractivity contribution >= 4 is 33.8 Å². The molecule has 1 N–H and O–H groups in total. The van der Waals surface area contributed by atoms with Gasteiger partial charge in [0.15, 0.2) is 10.8 Å². The molecule has 1 atom stereocenters. The molecule has 2 aromatic rings. The second-order valence-electron chi connectivity index (χ2n) is 3.91. The third kappa shape index (κ3) is 3.30. The SMILES string of the molecule is CCc1cnc(C(C)Nc2nc(C(=O)OC)cs2)s1. The van der Waals surface area contributed by atoms with Crippen molar-refractivity contribution < 1.29 is 9.53 Å². The molecule has 0 bridgehead atoms. The zero-order valence-electron chi connectivity index (χ0n) is 11.0. The highest BCUT2D eigenvalue weighted by molar-refractivity contribution is 7.14. The van der Waals surface area contributed by atoms with E-state index in [1.54, 1.807) is 16.7 Å². The Balaban J connectivity index is 2.04. The van der Waals surface area contributed by atoms with E-state index in [-0.39, 0.29) is 6.04 Å². The first kappa shape index (κ1) is 14.0. The molecule has 0 aliphatic carbocycles. The fourth-order valence-electron chi connectivity index (χ4n) is 1.47. The van der Waals surface area contributed by atoms with Gasteiger partial charge in [0.05, 0.1) is 13.2 Å². The lowest BCUT2D eigenvalue weighted by Gasteiger charge is -2.08. The Morgan fingerprint density at radius 3 is 3.00 bits per heavy atom. The van der Waals surface area contributed by atoms with E-state index in [1.165, 1.54) is 23.3 Å². The van der Waals surface area contributed by atoms with Gasteiger partial charge in [-0.15, -0.1) is 22.7 Å². The monoisotopic (exact) mass is 297 g/mol. The van der Waals surface area contributed by atoms with Crippen LogP contribution in [0.2, 0.25) is 0 Å². The summed E-state index contributed by atoms with van der Waals surface area (Å²) in [6.07, 6.45) is 2.90. The van der Waals surface area contributed by atoms with Crippen LogP contribution in [0.25, 0.3) is 0 Å². The Labute approximate surface area is 119 Å². The van der Waals surface area contributed by atoms with Crippen molar-refractivity contribution in [1.29, 1.82) is 0 Å². The summed E-state index contributed by atoms with van der Waals surface area (Å²) in [5.41, 5.74) is 0.329. The van der Waals surface area contributed by atoms with Crippen molar-refractivity contribution in [2.24, 2.45) is 0 Å². The second-order valence-corrected chi connectivity index (χ2v) is 5.92. The Kier molecular flexibility index (Phi) is 4.49. The standard InChI is InChI=1S/C12H15N3O2S2/c1-4-8-5-13-10(19-8)7(2)14-12-15-9(6-18-12)11(16)17-3/h5-7H,4H2,1-3H3,(H,14,15). The number of carbonyl (C=O) groups is 1. The highest BCUT2D eigenvalue weighted by atomic mass is 32.1. The third-order valence-electron chi connectivity index (χ3n) is 2.53. The van der Waals surface area contributed by atoms with Crippen molar-refractivity contribution in [3.63, 3.8) is 0 Å². The number of aromatic nitrogens is 2. The summed E-state index contributed by atoms with van der Waals surface area (Å²) in [7, 11) is 1.35. The summed E-state index contributed by atoms with van der Waals surface area (Å²) in [5, 5.41) is 6.64. The lowest BCUT2D eigenvalue weighted by atomic mass is 10.4. The average Bonchev–Trinajstić information content (AvgIpc) is 3.06. The van der Waals surface area contributed by atoms with Gasteiger partial charge in [0.2, 0.25) is 0 Å². The minimum Gasteiger partial charge on any atom is -0.464 e. The maximum absolute atomic E-state index is 11.3. The van der Waals surface area contributed by atoms with Gasteiger partial charge in [-0.1, -0.05) is 6.92 Å². The number of nitrogens with one attached hydrogen (secondary N) is 1. The van der Waals surface area contributed by atoms with Gasteiger partial charge >= 0.3 is 5.97 Å². The van der Waals surface area contributed by atoms with E-state index in [4.69, 9.17) is 0 Å². The van der Waals surface area contributed by atoms with Crippen LogP contribution in [0.15, 0.2) is 11.6 Å². The molecule has 0 spiro atoms. The maximum Gasteiger partial charge on any atom is 0.357 e. The molecule has 0 aliphatic rings. The van der Waals surface area contributed by atoms with E-state index in [1.807, 2.05) is 13.1 Å². The van der Waals surface area contributed by atoms with Gasteiger partial charge in [0.1, 0.15) is 5.01 Å². The van der Waals surface area contributed by atoms with Crippen LogP contribution in [-0.2, 0) is 11.2 Å². The Hall–Kier alpha value is -1.47. The summed E-state index contributed by atoms with van der Waals surface area (Å²) in [5.74, 6) is -0.417. The smallest absolute Gasteiger partial charge is 0.357 e. The van der Waals surface area contributed by atoms with Crippen LogP contribution in [0.1, 0.15) is 40.3 Å². The minimum atomic E-state index is -0.417. The van der Waals surface area contributed by atoms with Gasteiger partial charge in [-0.2, -0.15) is 0 Å². The molecule has 0 saturated heterocycles. The van der Waals surface area contributed by atoms with Crippen LogP contribution in [0.4, 0.5) is 5.13 Å². The molecule has 5 nitrogen and oxygen atoms in total. The molecule has 102 valence electrons. The number of hydrogen-bond acceptors (Lipinski definition) is 7. The molecule has 0 aliphatic heterocycles. The summed E-state index contributed by atoms with van der Waals surface area (Å²) in [6, 6.07) is 0.0712. The van der Waals surface area contributed by atoms with Crippen molar-refractivity contribution in [3.8, 4) is 0 Å². The second kappa shape index (κ2) is 6.12. The van der Waals surface area contributed by atoms with Crippen LogP contribution in [0, 0.1) is 0 Å². The number of carbonyl (C=O) groups excluding carboxylic acids is 1. The molecule has 19 heavy (non-hydrogen) atoms. The van der Waals surface area contributed by atoms with Crippen LogP contribution in [-0.4, -0.2) is 23.0 Å². The lowest BCUT2D eigenvalue weighted by molar-refractivity contribution is 0.0595. The number of aryl methyl sites for hydroxylation is 1. The maximum atomic E-state index is 11.3. The Bertz CT molecular complexity index is 565. The van der Waals surface area contributed by atoms with E-state index in [9.17, 15) is 4.79 Å². The fourth-order valence-corrected chi connectivity index (χ4v) is 3.10. The van der Waals surface area contributed by atoms with Crippen molar-refractivity contribution in [1.82, 2.24) is 9.97 Å². The zero-order valence-corrected chi connectivity index (χ0v) is 12.6. The summed E-state index contributed by atoms with van der Waals surface area (Å²) in [4.78, 5) is 21.1. The molecule has 0 amide bonds. The molecular weight excluding hydrogens is 282 g/mol. The molecule has 1 unspecified atom stereocenters. The van der Waals surface area contributed by atoms with Crippen molar-refractivity contribution in [2.45, 2.75) is 26.3 Å². The average molecular weight is 297 g/mol. The highest BCUT2D eigenvalue weighted by Crippen LogP contribution is 2.25. The summed E-state index contributed by atoms with van der Waals surface area (Å²) >= 11 is 3.07. The Morgan fingerprint density at radius 1 is 1.58 bits per heavy atom. The number of rotatable bonds is 5. The van der Waals surface area contributed by atoms with Crippen LogP contribution in [0.5, 0.6) is 0 Å². The van der Waals surface area contributed by atoms with E-state index in [0.29, 0.717) is 10.8 Å². The summed E-state index contributed by atoms with van der Waals surface area (Å²) in [6.45, 7) is 4.14.